The molecule has 1 N–H and O–H groups in total. The van der Waals surface area contributed by atoms with Crippen LogP contribution in [-0.2, 0) is 14.3 Å². The predicted molar refractivity (Wildman–Crippen MR) is 115 cm³/mol. The fourth-order valence-corrected chi connectivity index (χ4v) is 3.57. The molecule has 0 unspecified atom stereocenters. The van der Waals surface area contributed by atoms with Crippen molar-refractivity contribution in [1.29, 1.82) is 0 Å². The van der Waals surface area contributed by atoms with E-state index in [1.165, 1.54) is 13.2 Å². The minimum atomic E-state index is -0.470. The number of carbonyl (C=O) groups excluding carboxylic acids is 2. The second kappa shape index (κ2) is 9.92. The number of hydrogen-bond donors (Lipinski definition) is 1. The molecular formula is C22H25N3O6. The number of nitro groups is 1. The summed E-state index contributed by atoms with van der Waals surface area (Å²) >= 11 is 0. The molecule has 1 aliphatic heterocycles. The average molecular weight is 427 g/mol. The number of piperidine rings is 1. The molecule has 0 radical (unpaired) electrons. The summed E-state index contributed by atoms with van der Waals surface area (Å²) in [5, 5.41) is 14.2. The molecule has 2 aromatic rings. The van der Waals surface area contributed by atoms with Gasteiger partial charge in [-0.3, -0.25) is 14.9 Å². The maximum absolute atomic E-state index is 12.7. The fourth-order valence-electron chi connectivity index (χ4n) is 3.57. The van der Waals surface area contributed by atoms with Crippen LogP contribution in [0.5, 0.6) is 5.75 Å². The van der Waals surface area contributed by atoms with Crippen molar-refractivity contribution in [2.75, 3.05) is 37.0 Å². The van der Waals surface area contributed by atoms with Crippen LogP contribution in [0.15, 0.2) is 42.5 Å². The maximum atomic E-state index is 12.7. The highest BCUT2D eigenvalue weighted by Gasteiger charge is 2.28. The first-order valence-corrected chi connectivity index (χ1v) is 9.98. The van der Waals surface area contributed by atoms with Gasteiger partial charge in [0.05, 0.1) is 12.0 Å². The number of benzene rings is 2. The molecule has 9 nitrogen and oxygen atoms in total. The van der Waals surface area contributed by atoms with E-state index in [0.717, 1.165) is 5.56 Å². The third-order valence-electron chi connectivity index (χ3n) is 5.32. The SMILES string of the molecule is COC(=O)COc1ccc(NC(=O)C2CCN(c3ccccc3[N+](=O)[O-])CC2)c(C)c1. The molecule has 1 fully saturated rings. The van der Waals surface area contributed by atoms with Gasteiger partial charge in [0.2, 0.25) is 5.91 Å². The monoisotopic (exact) mass is 427 g/mol. The summed E-state index contributed by atoms with van der Waals surface area (Å²) in [4.78, 5) is 36.8. The first-order chi connectivity index (χ1) is 14.9. The van der Waals surface area contributed by atoms with Gasteiger partial charge < -0.3 is 19.7 Å². The number of anilines is 2. The van der Waals surface area contributed by atoms with Crippen LogP contribution in [0.25, 0.3) is 0 Å². The van der Waals surface area contributed by atoms with Gasteiger partial charge >= 0.3 is 5.97 Å². The van der Waals surface area contributed by atoms with E-state index >= 15 is 0 Å². The van der Waals surface area contributed by atoms with Gasteiger partial charge in [-0.1, -0.05) is 12.1 Å². The molecule has 0 saturated carbocycles. The number of hydrogen-bond acceptors (Lipinski definition) is 7. The van der Waals surface area contributed by atoms with E-state index in [4.69, 9.17) is 4.74 Å². The van der Waals surface area contributed by atoms with Crippen LogP contribution in [0.1, 0.15) is 18.4 Å². The van der Waals surface area contributed by atoms with Crippen LogP contribution in [-0.4, -0.2) is 43.6 Å². The number of nitro benzene ring substituents is 1. The number of rotatable bonds is 7. The van der Waals surface area contributed by atoms with Gasteiger partial charge in [0, 0.05) is 30.8 Å². The van der Waals surface area contributed by atoms with Gasteiger partial charge in [-0.25, -0.2) is 4.79 Å². The molecule has 0 spiro atoms. The Balaban J connectivity index is 1.57. The lowest BCUT2D eigenvalue weighted by Gasteiger charge is -2.32. The Bertz CT molecular complexity index is 969. The third-order valence-corrected chi connectivity index (χ3v) is 5.32. The molecule has 1 aliphatic rings. The van der Waals surface area contributed by atoms with Crippen molar-refractivity contribution in [2.24, 2.45) is 5.92 Å². The average Bonchev–Trinajstić information content (AvgIpc) is 2.79. The molecule has 0 atom stereocenters. The number of methoxy groups -OCH3 is 1. The van der Waals surface area contributed by atoms with Crippen molar-refractivity contribution >= 4 is 28.9 Å². The molecule has 0 aromatic heterocycles. The quantitative estimate of drug-likeness (QED) is 0.410. The van der Waals surface area contributed by atoms with Crippen LogP contribution in [0.3, 0.4) is 0 Å². The Labute approximate surface area is 180 Å². The summed E-state index contributed by atoms with van der Waals surface area (Å²) in [6.07, 6.45) is 1.22. The number of esters is 1. The molecule has 1 amide bonds. The summed E-state index contributed by atoms with van der Waals surface area (Å²) in [5.74, 6) is -0.205. The standard InChI is InChI=1S/C22H25N3O6/c1-15-13-17(31-14-21(26)30-2)7-8-18(15)23-22(27)16-9-11-24(12-10-16)19-5-3-4-6-20(19)25(28)29/h3-8,13,16H,9-12,14H2,1-2H3,(H,23,27). The molecule has 31 heavy (non-hydrogen) atoms. The van der Waals surface area contributed by atoms with Gasteiger partial charge in [0.25, 0.3) is 5.69 Å². The van der Waals surface area contributed by atoms with E-state index in [-0.39, 0.29) is 29.0 Å². The Kier molecular flexibility index (Phi) is 7.07. The van der Waals surface area contributed by atoms with Crippen LogP contribution in [0.2, 0.25) is 0 Å². The third kappa shape index (κ3) is 5.50. The molecule has 0 aliphatic carbocycles. The fraction of sp³-hybridized carbons (Fsp3) is 0.364. The molecule has 3 rings (SSSR count). The molecule has 1 saturated heterocycles. The zero-order chi connectivity index (χ0) is 22.4. The highest BCUT2D eigenvalue weighted by Crippen LogP contribution is 2.31. The molecule has 164 valence electrons. The van der Waals surface area contributed by atoms with Gasteiger partial charge in [-0.15, -0.1) is 0 Å². The largest absolute Gasteiger partial charge is 0.482 e. The maximum Gasteiger partial charge on any atom is 0.343 e. The predicted octanol–water partition coefficient (Wildman–Crippen LogP) is 3.31. The normalized spacial score (nSPS) is 14.1. The Morgan fingerprint density at radius 3 is 2.55 bits per heavy atom. The van der Waals surface area contributed by atoms with Crippen LogP contribution < -0.4 is 15.0 Å². The summed E-state index contributed by atoms with van der Waals surface area (Å²) < 4.78 is 9.90. The highest BCUT2D eigenvalue weighted by molar-refractivity contribution is 5.93. The minimum absolute atomic E-state index is 0.0754. The van der Waals surface area contributed by atoms with E-state index in [1.807, 2.05) is 11.8 Å². The van der Waals surface area contributed by atoms with Crippen LogP contribution >= 0.6 is 0 Å². The molecule has 9 heteroatoms. The summed E-state index contributed by atoms with van der Waals surface area (Å²) in [7, 11) is 1.29. The number of amides is 1. The van der Waals surface area contributed by atoms with Gasteiger partial charge in [-0.05, 0) is 49.6 Å². The first-order valence-electron chi connectivity index (χ1n) is 9.98. The number of para-hydroxylation sites is 2. The van der Waals surface area contributed by atoms with Crippen molar-refractivity contribution in [3.63, 3.8) is 0 Å². The highest BCUT2D eigenvalue weighted by atomic mass is 16.6. The molecular weight excluding hydrogens is 402 g/mol. The van der Waals surface area contributed by atoms with E-state index in [9.17, 15) is 19.7 Å². The second-order valence-electron chi connectivity index (χ2n) is 7.34. The lowest BCUT2D eigenvalue weighted by Crippen LogP contribution is -2.38. The Morgan fingerprint density at radius 2 is 1.90 bits per heavy atom. The lowest BCUT2D eigenvalue weighted by atomic mass is 9.95. The number of nitrogens with one attached hydrogen (secondary N) is 1. The molecule has 2 aromatic carbocycles. The van der Waals surface area contributed by atoms with E-state index in [0.29, 0.717) is 43.1 Å². The number of carbonyl (C=O) groups is 2. The van der Waals surface area contributed by atoms with Crippen molar-refractivity contribution in [1.82, 2.24) is 0 Å². The van der Waals surface area contributed by atoms with Crippen LogP contribution in [0.4, 0.5) is 17.1 Å². The van der Waals surface area contributed by atoms with Crippen molar-refractivity contribution < 1.29 is 24.0 Å². The number of nitrogens with zero attached hydrogens (tertiary/aromatic N) is 2. The van der Waals surface area contributed by atoms with Crippen LogP contribution in [0, 0.1) is 23.0 Å². The van der Waals surface area contributed by atoms with Gasteiger partial charge in [-0.2, -0.15) is 0 Å². The van der Waals surface area contributed by atoms with Crippen molar-refractivity contribution in [2.45, 2.75) is 19.8 Å². The zero-order valence-electron chi connectivity index (χ0n) is 17.5. The smallest absolute Gasteiger partial charge is 0.343 e. The minimum Gasteiger partial charge on any atom is -0.482 e. The lowest BCUT2D eigenvalue weighted by molar-refractivity contribution is -0.384. The van der Waals surface area contributed by atoms with E-state index in [2.05, 4.69) is 10.1 Å². The Morgan fingerprint density at radius 1 is 1.19 bits per heavy atom. The first kappa shape index (κ1) is 22.1. The molecule has 1 heterocycles. The summed E-state index contributed by atoms with van der Waals surface area (Å²) in [6, 6.07) is 11.8. The van der Waals surface area contributed by atoms with Gasteiger partial charge in [0.15, 0.2) is 6.61 Å². The summed E-state index contributed by atoms with van der Waals surface area (Å²) in [6.45, 7) is 2.81. The zero-order valence-corrected chi connectivity index (χ0v) is 17.5. The summed E-state index contributed by atoms with van der Waals surface area (Å²) in [5.41, 5.74) is 2.16. The van der Waals surface area contributed by atoms with Crippen molar-refractivity contribution in [3.05, 3.63) is 58.1 Å². The van der Waals surface area contributed by atoms with Gasteiger partial charge in [0.1, 0.15) is 11.4 Å². The van der Waals surface area contributed by atoms with E-state index < -0.39 is 5.97 Å². The van der Waals surface area contributed by atoms with E-state index in [1.54, 1.807) is 36.4 Å². The van der Waals surface area contributed by atoms with Crippen molar-refractivity contribution in [3.8, 4) is 5.75 Å². The topological polar surface area (TPSA) is 111 Å². The second-order valence-corrected chi connectivity index (χ2v) is 7.34. The number of ether oxygens (including phenoxy) is 2. The molecule has 0 bridgehead atoms. The number of aryl methyl sites for hydroxylation is 1. The Hall–Kier alpha value is -3.62.